The Morgan fingerprint density at radius 1 is 1.42 bits per heavy atom. The zero-order valence-electron chi connectivity index (χ0n) is 13.1. The number of aromatic nitrogens is 1. The summed E-state index contributed by atoms with van der Waals surface area (Å²) in [7, 11) is -3.89. The first-order chi connectivity index (χ1) is 11.3. The summed E-state index contributed by atoms with van der Waals surface area (Å²) >= 11 is 1.05. The number of nitriles is 1. The van der Waals surface area contributed by atoms with Crippen molar-refractivity contribution in [2.24, 2.45) is 5.92 Å². The highest BCUT2D eigenvalue weighted by Gasteiger charge is 2.45. The Hall–Kier alpha value is -2.24. The number of amides is 1. The van der Waals surface area contributed by atoms with E-state index in [1.54, 1.807) is 32.0 Å². The molecule has 24 heavy (non-hydrogen) atoms. The SMILES string of the molecule is Cc1nc(C)c(S(=O)(=O)NC(=O)[C@H]2C[C@@H]2c2cccc(C#N)c2)s1. The first-order valence-electron chi connectivity index (χ1n) is 7.32. The summed E-state index contributed by atoms with van der Waals surface area (Å²) in [5, 5.41) is 9.57. The molecule has 2 atom stereocenters. The predicted octanol–water partition coefficient (Wildman–Crippen LogP) is 2.24. The molecule has 8 heteroatoms. The second kappa shape index (κ2) is 6.00. The van der Waals surface area contributed by atoms with Gasteiger partial charge in [-0.3, -0.25) is 4.79 Å². The minimum Gasteiger partial charge on any atom is -0.274 e. The van der Waals surface area contributed by atoms with Crippen LogP contribution in [0.2, 0.25) is 0 Å². The van der Waals surface area contributed by atoms with E-state index in [-0.39, 0.29) is 16.0 Å². The van der Waals surface area contributed by atoms with Crippen LogP contribution in [0.5, 0.6) is 0 Å². The minimum absolute atomic E-state index is 0.0437. The average Bonchev–Trinajstić information content (AvgIpc) is 3.26. The van der Waals surface area contributed by atoms with Crippen LogP contribution in [0.4, 0.5) is 0 Å². The fourth-order valence-corrected chi connectivity index (χ4v) is 5.22. The van der Waals surface area contributed by atoms with E-state index in [0.717, 1.165) is 16.9 Å². The van der Waals surface area contributed by atoms with E-state index in [9.17, 15) is 13.2 Å². The van der Waals surface area contributed by atoms with Gasteiger partial charge >= 0.3 is 0 Å². The Balaban J connectivity index is 1.73. The lowest BCUT2D eigenvalue weighted by Gasteiger charge is -2.05. The van der Waals surface area contributed by atoms with Crippen LogP contribution in [0.1, 0.15) is 34.2 Å². The molecule has 124 valence electrons. The van der Waals surface area contributed by atoms with Gasteiger partial charge in [-0.05, 0) is 43.9 Å². The second-order valence-corrected chi connectivity index (χ2v) is 8.84. The Morgan fingerprint density at radius 2 is 2.17 bits per heavy atom. The zero-order chi connectivity index (χ0) is 17.5. The van der Waals surface area contributed by atoms with Crippen molar-refractivity contribution in [3.63, 3.8) is 0 Å². The number of aryl methyl sites for hydroxylation is 2. The molecule has 1 N–H and O–H groups in total. The molecule has 0 bridgehead atoms. The predicted molar refractivity (Wildman–Crippen MR) is 88.9 cm³/mol. The molecule has 1 aliphatic carbocycles. The Bertz CT molecular complexity index is 957. The van der Waals surface area contributed by atoms with Gasteiger partial charge in [0.15, 0.2) is 4.21 Å². The molecule has 1 saturated carbocycles. The van der Waals surface area contributed by atoms with Gasteiger partial charge < -0.3 is 0 Å². The van der Waals surface area contributed by atoms with Crippen molar-refractivity contribution in [1.82, 2.24) is 9.71 Å². The molecule has 0 radical (unpaired) electrons. The topological polar surface area (TPSA) is 99.9 Å². The molecule has 3 rings (SSSR count). The summed E-state index contributed by atoms with van der Waals surface area (Å²) in [6.07, 6.45) is 0.580. The largest absolute Gasteiger partial charge is 0.275 e. The third-order valence-corrected chi connectivity index (χ3v) is 6.94. The Labute approximate surface area is 144 Å². The number of nitrogens with zero attached hydrogens (tertiary/aromatic N) is 2. The average molecular weight is 361 g/mol. The molecule has 0 spiro atoms. The van der Waals surface area contributed by atoms with Crippen LogP contribution in [0.3, 0.4) is 0 Å². The van der Waals surface area contributed by atoms with Crippen molar-refractivity contribution in [2.45, 2.75) is 30.4 Å². The maximum Gasteiger partial charge on any atom is 0.275 e. The van der Waals surface area contributed by atoms with E-state index in [0.29, 0.717) is 22.7 Å². The summed E-state index contributed by atoms with van der Waals surface area (Å²) in [5.74, 6) is -0.936. The summed E-state index contributed by atoms with van der Waals surface area (Å²) in [5.41, 5.74) is 1.81. The van der Waals surface area contributed by atoms with E-state index >= 15 is 0 Å². The fraction of sp³-hybridized carbons (Fsp3) is 0.312. The van der Waals surface area contributed by atoms with E-state index in [1.165, 1.54) is 0 Å². The van der Waals surface area contributed by atoms with Crippen molar-refractivity contribution < 1.29 is 13.2 Å². The summed E-state index contributed by atoms with van der Waals surface area (Å²) < 4.78 is 26.9. The first kappa shape index (κ1) is 16.6. The third-order valence-electron chi connectivity index (χ3n) is 3.91. The molecule has 1 amide bonds. The number of carbonyl (C=O) groups is 1. The Kier molecular flexibility index (Phi) is 4.15. The van der Waals surface area contributed by atoms with Crippen LogP contribution in [0.25, 0.3) is 0 Å². The summed E-state index contributed by atoms with van der Waals surface area (Å²) in [4.78, 5) is 16.4. The van der Waals surface area contributed by atoms with Crippen molar-refractivity contribution in [3.8, 4) is 6.07 Å². The molecule has 6 nitrogen and oxygen atoms in total. The Morgan fingerprint density at radius 3 is 2.79 bits per heavy atom. The number of sulfonamides is 1. The van der Waals surface area contributed by atoms with Gasteiger partial charge in [-0.1, -0.05) is 12.1 Å². The molecule has 0 saturated heterocycles. The summed E-state index contributed by atoms with van der Waals surface area (Å²) in [6, 6.07) is 9.11. The van der Waals surface area contributed by atoms with E-state index < -0.39 is 15.9 Å². The van der Waals surface area contributed by atoms with Gasteiger partial charge in [0, 0.05) is 5.92 Å². The van der Waals surface area contributed by atoms with Crippen LogP contribution in [-0.2, 0) is 14.8 Å². The van der Waals surface area contributed by atoms with Crippen LogP contribution in [-0.4, -0.2) is 19.3 Å². The molecular formula is C16H15N3O3S2. The second-order valence-electron chi connectivity index (χ2n) is 5.76. The van der Waals surface area contributed by atoms with Crippen LogP contribution >= 0.6 is 11.3 Å². The van der Waals surface area contributed by atoms with Gasteiger partial charge in [0.25, 0.3) is 10.0 Å². The molecule has 1 aliphatic rings. The highest BCUT2D eigenvalue weighted by molar-refractivity contribution is 7.92. The van der Waals surface area contributed by atoms with E-state index in [1.807, 2.05) is 6.07 Å². The normalized spacial score (nSPS) is 19.5. The monoisotopic (exact) mass is 361 g/mol. The highest BCUT2D eigenvalue weighted by Crippen LogP contribution is 2.47. The molecule has 1 aromatic heterocycles. The molecule has 2 aromatic rings. The zero-order valence-corrected chi connectivity index (χ0v) is 14.7. The molecule has 1 fully saturated rings. The maximum absolute atomic E-state index is 12.3. The number of thiazole rings is 1. The van der Waals surface area contributed by atoms with Gasteiger partial charge in [0.1, 0.15) is 0 Å². The number of rotatable bonds is 4. The smallest absolute Gasteiger partial charge is 0.274 e. The molecule has 0 aliphatic heterocycles. The van der Waals surface area contributed by atoms with Crippen molar-refractivity contribution in [2.75, 3.05) is 0 Å². The van der Waals surface area contributed by atoms with E-state index in [4.69, 9.17) is 5.26 Å². The highest BCUT2D eigenvalue weighted by atomic mass is 32.2. The lowest BCUT2D eigenvalue weighted by atomic mass is 10.1. The van der Waals surface area contributed by atoms with Gasteiger partial charge in [0.2, 0.25) is 5.91 Å². The van der Waals surface area contributed by atoms with Gasteiger partial charge in [-0.15, -0.1) is 11.3 Å². The van der Waals surface area contributed by atoms with Gasteiger partial charge in [-0.2, -0.15) is 5.26 Å². The fourth-order valence-electron chi connectivity index (χ4n) is 2.71. The number of carbonyl (C=O) groups excluding carboxylic acids is 1. The maximum atomic E-state index is 12.3. The number of hydrogen-bond donors (Lipinski definition) is 1. The number of hydrogen-bond acceptors (Lipinski definition) is 6. The third kappa shape index (κ3) is 3.18. The standard InChI is InChI=1S/C16H15N3O3S2/c1-9-16(23-10(2)18-9)24(21,22)19-15(20)14-7-13(14)12-5-3-4-11(6-12)8-17/h3-6,13-14H,7H2,1-2H3,(H,19,20)/t13-,14+/m1/s1. The van der Waals surface area contributed by atoms with Crippen LogP contribution in [0, 0.1) is 31.1 Å². The molecule has 0 unspecified atom stereocenters. The van der Waals surface area contributed by atoms with Crippen LogP contribution < -0.4 is 4.72 Å². The quantitative estimate of drug-likeness (QED) is 0.900. The van der Waals surface area contributed by atoms with Gasteiger partial charge in [-0.25, -0.2) is 18.1 Å². The first-order valence-corrected chi connectivity index (χ1v) is 9.62. The molecule has 1 heterocycles. The van der Waals surface area contributed by atoms with Gasteiger partial charge in [0.05, 0.1) is 22.3 Å². The van der Waals surface area contributed by atoms with E-state index in [2.05, 4.69) is 15.8 Å². The van der Waals surface area contributed by atoms with Crippen molar-refractivity contribution in [1.29, 1.82) is 5.26 Å². The minimum atomic E-state index is -3.89. The number of nitrogens with one attached hydrogen (secondary N) is 1. The van der Waals surface area contributed by atoms with Crippen molar-refractivity contribution >= 4 is 27.3 Å². The molecule has 1 aromatic carbocycles. The lowest BCUT2D eigenvalue weighted by Crippen LogP contribution is -2.32. The molecular weight excluding hydrogens is 346 g/mol. The van der Waals surface area contributed by atoms with Crippen LogP contribution in [0.15, 0.2) is 28.5 Å². The number of benzene rings is 1. The lowest BCUT2D eigenvalue weighted by molar-refractivity contribution is -0.120. The van der Waals surface area contributed by atoms with Crippen molar-refractivity contribution in [3.05, 3.63) is 46.1 Å². The summed E-state index contributed by atoms with van der Waals surface area (Å²) in [6.45, 7) is 3.33.